The Kier molecular flexibility index (Phi) is 8.22. The van der Waals surface area contributed by atoms with Crippen LogP contribution in [0.5, 0.6) is 0 Å². The summed E-state index contributed by atoms with van der Waals surface area (Å²) in [6.07, 6.45) is -3.07. The van der Waals surface area contributed by atoms with Gasteiger partial charge in [-0.05, 0) is 16.7 Å². The minimum absolute atomic E-state index is 0.198. The van der Waals surface area contributed by atoms with E-state index < -0.39 is 30.4 Å². The van der Waals surface area contributed by atoms with Gasteiger partial charge in [-0.15, -0.1) is 0 Å². The standard InChI is InChI=1S/C27H28O6/c28-27(29)26-25(32-18-22-14-8-3-9-15-22)24(31-17-21-12-6-2-7-13-21)23(33-26)19-30-16-20-10-4-1-5-11-20/h1-15,23-26H,16-19H2,(H,28,29)/t23-,24-,25-,26-/m1/s1. The predicted molar refractivity (Wildman–Crippen MR) is 122 cm³/mol. The lowest BCUT2D eigenvalue weighted by atomic mass is 10.1. The van der Waals surface area contributed by atoms with Gasteiger partial charge in [0, 0.05) is 0 Å². The van der Waals surface area contributed by atoms with E-state index in [1.807, 2.05) is 91.0 Å². The number of aliphatic carboxylic acids is 1. The molecule has 1 aliphatic rings. The molecular weight excluding hydrogens is 420 g/mol. The molecule has 33 heavy (non-hydrogen) atoms. The molecule has 0 radical (unpaired) electrons. The summed E-state index contributed by atoms with van der Waals surface area (Å²) in [5.74, 6) is -1.08. The number of ether oxygens (including phenoxy) is 4. The lowest BCUT2D eigenvalue weighted by Crippen LogP contribution is -2.41. The molecule has 3 aromatic rings. The summed E-state index contributed by atoms with van der Waals surface area (Å²) in [6.45, 7) is 1.19. The van der Waals surface area contributed by atoms with Gasteiger partial charge in [0.15, 0.2) is 6.10 Å². The fourth-order valence-corrected chi connectivity index (χ4v) is 3.84. The van der Waals surface area contributed by atoms with Crippen LogP contribution in [-0.2, 0) is 43.6 Å². The van der Waals surface area contributed by atoms with Crippen molar-refractivity contribution in [2.24, 2.45) is 0 Å². The molecule has 6 heteroatoms. The van der Waals surface area contributed by atoms with Crippen LogP contribution < -0.4 is 0 Å². The van der Waals surface area contributed by atoms with Crippen LogP contribution in [0.3, 0.4) is 0 Å². The highest BCUT2D eigenvalue weighted by atomic mass is 16.6. The third-order valence-corrected chi connectivity index (χ3v) is 5.52. The normalized spacial score (nSPS) is 22.3. The summed E-state index contributed by atoms with van der Waals surface area (Å²) >= 11 is 0. The van der Waals surface area contributed by atoms with Crippen LogP contribution in [0.2, 0.25) is 0 Å². The van der Waals surface area contributed by atoms with Crippen LogP contribution >= 0.6 is 0 Å². The molecule has 0 saturated carbocycles. The molecule has 0 unspecified atom stereocenters. The highest BCUT2D eigenvalue weighted by molar-refractivity contribution is 5.73. The maximum Gasteiger partial charge on any atom is 0.335 e. The Morgan fingerprint density at radius 3 is 1.64 bits per heavy atom. The Bertz CT molecular complexity index is 979. The van der Waals surface area contributed by atoms with Gasteiger partial charge in [0.2, 0.25) is 0 Å². The molecule has 172 valence electrons. The Labute approximate surface area is 193 Å². The first-order chi connectivity index (χ1) is 16.2. The Morgan fingerprint density at radius 1 is 0.697 bits per heavy atom. The van der Waals surface area contributed by atoms with Crippen molar-refractivity contribution in [2.45, 2.75) is 44.2 Å². The van der Waals surface area contributed by atoms with Crippen molar-refractivity contribution in [2.75, 3.05) is 6.61 Å². The number of hydrogen-bond acceptors (Lipinski definition) is 5. The number of benzene rings is 3. The lowest BCUT2D eigenvalue weighted by molar-refractivity contribution is -0.157. The van der Waals surface area contributed by atoms with E-state index in [0.717, 1.165) is 16.7 Å². The van der Waals surface area contributed by atoms with Crippen LogP contribution in [0.15, 0.2) is 91.0 Å². The number of carbonyl (C=O) groups is 1. The van der Waals surface area contributed by atoms with Gasteiger partial charge in [-0.3, -0.25) is 0 Å². The minimum atomic E-state index is -1.14. The molecule has 1 N–H and O–H groups in total. The Hall–Kier alpha value is -3.03. The highest BCUT2D eigenvalue weighted by Gasteiger charge is 2.49. The molecule has 1 fully saturated rings. The van der Waals surface area contributed by atoms with Crippen LogP contribution in [0.4, 0.5) is 0 Å². The topological polar surface area (TPSA) is 74.2 Å². The van der Waals surface area contributed by atoms with Crippen molar-refractivity contribution in [1.29, 1.82) is 0 Å². The Morgan fingerprint density at radius 2 is 1.15 bits per heavy atom. The second-order valence-electron chi connectivity index (χ2n) is 7.96. The van der Waals surface area contributed by atoms with Crippen LogP contribution in [-0.4, -0.2) is 42.1 Å². The molecular formula is C27H28O6. The van der Waals surface area contributed by atoms with E-state index in [-0.39, 0.29) is 13.2 Å². The van der Waals surface area contributed by atoms with Gasteiger partial charge in [0.1, 0.15) is 18.3 Å². The molecule has 4 rings (SSSR count). The molecule has 0 amide bonds. The summed E-state index contributed by atoms with van der Waals surface area (Å²) in [7, 11) is 0. The van der Waals surface area contributed by atoms with Crippen molar-refractivity contribution >= 4 is 5.97 Å². The zero-order valence-electron chi connectivity index (χ0n) is 18.3. The SMILES string of the molecule is O=C(O)[C@@H]1O[C@H](COCc2ccccc2)[C@@H](OCc2ccccc2)[C@H]1OCc1ccccc1. The fourth-order valence-electron chi connectivity index (χ4n) is 3.84. The summed E-state index contributed by atoms with van der Waals surface area (Å²) in [6, 6.07) is 29.2. The molecule has 1 aliphatic heterocycles. The van der Waals surface area contributed by atoms with Gasteiger partial charge in [-0.1, -0.05) is 91.0 Å². The molecule has 1 heterocycles. The van der Waals surface area contributed by atoms with E-state index in [2.05, 4.69) is 0 Å². The maximum absolute atomic E-state index is 12.0. The predicted octanol–water partition coefficient (Wildman–Crippen LogP) is 4.23. The van der Waals surface area contributed by atoms with E-state index in [4.69, 9.17) is 18.9 Å². The van der Waals surface area contributed by atoms with Crippen molar-refractivity contribution in [3.63, 3.8) is 0 Å². The average Bonchev–Trinajstić information content (AvgIpc) is 3.21. The van der Waals surface area contributed by atoms with Gasteiger partial charge < -0.3 is 24.1 Å². The molecule has 3 aromatic carbocycles. The van der Waals surface area contributed by atoms with E-state index in [9.17, 15) is 9.90 Å². The molecule has 4 atom stereocenters. The van der Waals surface area contributed by atoms with Crippen molar-refractivity contribution in [3.05, 3.63) is 108 Å². The first kappa shape index (κ1) is 23.1. The Balaban J connectivity index is 1.46. The second kappa shape index (κ2) is 11.7. The molecule has 0 spiro atoms. The molecule has 0 aromatic heterocycles. The van der Waals surface area contributed by atoms with Gasteiger partial charge in [-0.2, -0.15) is 0 Å². The van der Waals surface area contributed by atoms with E-state index in [0.29, 0.717) is 13.2 Å². The molecule has 6 nitrogen and oxygen atoms in total. The van der Waals surface area contributed by atoms with Crippen LogP contribution in [0.1, 0.15) is 16.7 Å². The van der Waals surface area contributed by atoms with Gasteiger partial charge in [-0.25, -0.2) is 4.79 Å². The molecule has 0 bridgehead atoms. The number of carboxylic acids is 1. The monoisotopic (exact) mass is 448 g/mol. The summed E-state index contributed by atoms with van der Waals surface area (Å²) < 4.78 is 24.0. The number of hydrogen-bond donors (Lipinski definition) is 1. The van der Waals surface area contributed by atoms with E-state index >= 15 is 0 Å². The zero-order chi connectivity index (χ0) is 22.9. The second-order valence-corrected chi connectivity index (χ2v) is 7.96. The molecule has 0 aliphatic carbocycles. The summed E-state index contributed by atoms with van der Waals surface area (Å²) in [5, 5.41) is 9.80. The molecule has 1 saturated heterocycles. The minimum Gasteiger partial charge on any atom is -0.479 e. The van der Waals surface area contributed by atoms with Gasteiger partial charge >= 0.3 is 5.97 Å². The summed E-state index contributed by atoms with van der Waals surface area (Å²) in [5.41, 5.74) is 2.97. The van der Waals surface area contributed by atoms with Gasteiger partial charge in [0.25, 0.3) is 0 Å². The first-order valence-corrected chi connectivity index (χ1v) is 11.0. The summed E-state index contributed by atoms with van der Waals surface area (Å²) in [4.78, 5) is 12.0. The van der Waals surface area contributed by atoms with E-state index in [1.54, 1.807) is 0 Å². The number of carboxylic acid groups (broad SMARTS) is 1. The smallest absolute Gasteiger partial charge is 0.335 e. The average molecular weight is 449 g/mol. The van der Waals surface area contributed by atoms with Crippen molar-refractivity contribution in [3.8, 4) is 0 Å². The van der Waals surface area contributed by atoms with Crippen LogP contribution in [0.25, 0.3) is 0 Å². The number of rotatable bonds is 11. The van der Waals surface area contributed by atoms with E-state index in [1.165, 1.54) is 0 Å². The zero-order valence-corrected chi connectivity index (χ0v) is 18.3. The van der Waals surface area contributed by atoms with Crippen LogP contribution in [0, 0.1) is 0 Å². The van der Waals surface area contributed by atoms with Crippen molar-refractivity contribution in [1.82, 2.24) is 0 Å². The fraction of sp³-hybridized carbons (Fsp3) is 0.296. The van der Waals surface area contributed by atoms with Gasteiger partial charge in [0.05, 0.1) is 26.4 Å². The first-order valence-electron chi connectivity index (χ1n) is 11.0. The maximum atomic E-state index is 12.0. The third kappa shape index (κ3) is 6.49. The third-order valence-electron chi connectivity index (χ3n) is 5.52. The quantitative estimate of drug-likeness (QED) is 0.473. The van der Waals surface area contributed by atoms with Crippen molar-refractivity contribution < 1.29 is 28.8 Å². The highest BCUT2D eigenvalue weighted by Crippen LogP contribution is 2.29. The lowest BCUT2D eigenvalue weighted by Gasteiger charge is -2.24. The largest absolute Gasteiger partial charge is 0.479 e.